The van der Waals surface area contributed by atoms with E-state index in [1.807, 2.05) is 43.3 Å². The molecular formula is C15H12BrClN2O. The van der Waals surface area contributed by atoms with Crippen molar-refractivity contribution in [2.24, 2.45) is 0 Å². The summed E-state index contributed by atoms with van der Waals surface area (Å²) < 4.78 is 0. The number of halogens is 2. The van der Waals surface area contributed by atoms with Crippen LogP contribution in [-0.4, -0.2) is 9.97 Å². The van der Waals surface area contributed by atoms with Gasteiger partial charge in [-0.05, 0) is 35.7 Å². The molecular weight excluding hydrogens is 340 g/mol. The first-order chi connectivity index (χ1) is 9.56. The van der Waals surface area contributed by atoms with Gasteiger partial charge in [0.05, 0.1) is 15.9 Å². The topological polar surface area (TPSA) is 48.6 Å². The molecule has 0 aliphatic rings. The van der Waals surface area contributed by atoms with Gasteiger partial charge in [-0.3, -0.25) is 0 Å². The molecule has 3 rings (SSSR count). The van der Waals surface area contributed by atoms with E-state index in [1.165, 1.54) is 0 Å². The molecule has 0 aliphatic carbocycles. The van der Waals surface area contributed by atoms with Gasteiger partial charge in [0.1, 0.15) is 0 Å². The number of aryl methyl sites for hydroxylation is 1. The molecule has 102 valence electrons. The Morgan fingerprint density at radius 3 is 2.70 bits per heavy atom. The Morgan fingerprint density at radius 2 is 1.90 bits per heavy atom. The molecule has 0 bridgehead atoms. The van der Waals surface area contributed by atoms with Crippen LogP contribution in [0.3, 0.4) is 0 Å². The first kappa shape index (κ1) is 13.5. The Kier molecular flexibility index (Phi) is 3.44. The summed E-state index contributed by atoms with van der Waals surface area (Å²) in [4.78, 5) is 16.8. The van der Waals surface area contributed by atoms with Gasteiger partial charge >= 0.3 is 5.69 Å². The van der Waals surface area contributed by atoms with E-state index in [0.29, 0.717) is 0 Å². The van der Waals surface area contributed by atoms with Gasteiger partial charge in [-0.1, -0.05) is 51.8 Å². The maximum absolute atomic E-state index is 11.3. The summed E-state index contributed by atoms with van der Waals surface area (Å²) >= 11 is 10.1. The van der Waals surface area contributed by atoms with Gasteiger partial charge in [0.15, 0.2) is 0 Å². The van der Waals surface area contributed by atoms with Crippen molar-refractivity contribution in [3.8, 4) is 0 Å². The first-order valence-corrected chi connectivity index (χ1v) is 7.46. The fourth-order valence-electron chi connectivity index (χ4n) is 2.25. The molecule has 0 saturated carbocycles. The fraction of sp³-hybridized carbons (Fsp3) is 0.133. The van der Waals surface area contributed by atoms with E-state index in [0.717, 1.165) is 32.7 Å². The van der Waals surface area contributed by atoms with Crippen molar-refractivity contribution in [2.45, 2.75) is 11.8 Å². The van der Waals surface area contributed by atoms with Crippen LogP contribution in [0.4, 0.5) is 0 Å². The van der Waals surface area contributed by atoms with Crippen molar-refractivity contribution in [2.75, 3.05) is 0 Å². The molecule has 2 aromatic carbocycles. The summed E-state index contributed by atoms with van der Waals surface area (Å²) in [6, 6.07) is 11.8. The Balaban J connectivity index is 2.09. The second kappa shape index (κ2) is 5.11. The minimum absolute atomic E-state index is 0.0160. The van der Waals surface area contributed by atoms with E-state index in [2.05, 4.69) is 25.9 Å². The molecule has 0 aliphatic heterocycles. The van der Waals surface area contributed by atoms with Crippen LogP contribution in [0.5, 0.6) is 0 Å². The first-order valence-electron chi connectivity index (χ1n) is 6.17. The average Bonchev–Trinajstić information content (AvgIpc) is 2.80. The van der Waals surface area contributed by atoms with Crippen LogP contribution in [0.2, 0.25) is 5.02 Å². The molecule has 1 aromatic heterocycles. The standard InChI is InChI=1S/C15H12BrClN2O/c1-8-3-2-4-10(14(8)17)13(16)9-5-6-11-12(7-9)19-15(20)18-11/h2-7,13H,1H3,(H2,18,19,20). The third-order valence-electron chi connectivity index (χ3n) is 3.33. The van der Waals surface area contributed by atoms with Gasteiger partial charge in [0.25, 0.3) is 0 Å². The second-order valence-electron chi connectivity index (χ2n) is 4.72. The number of alkyl halides is 1. The number of benzene rings is 2. The molecule has 1 unspecified atom stereocenters. The lowest BCUT2D eigenvalue weighted by atomic mass is 10.0. The fourth-order valence-corrected chi connectivity index (χ4v) is 3.29. The van der Waals surface area contributed by atoms with Crippen LogP contribution >= 0.6 is 27.5 Å². The maximum atomic E-state index is 11.3. The third-order valence-corrected chi connectivity index (χ3v) is 4.87. The monoisotopic (exact) mass is 350 g/mol. The highest BCUT2D eigenvalue weighted by Crippen LogP contribution is 2.37. The molecule has 20 heavy (non-hydrogen) atoms. The van der Waals surface area contributed by atoms with Gasteiger partial charge in [0, 0.05) is 5.02 Å². The molecule has 0 saturated heterocycles. The number of rotatable bonds is 2. The number of imidazole rings is 1. The van der Waals surface area contributed by atoms with E-state index < -0.39 is 0 Å². The predicted molar refractivity (Wildman–Crippen MR) is 85.9 cm³/mol. The average molecular weight is 352 g/mol. The molecule has 5 heteroatoms. The number of H-pyrrole nitrogens is 2. The lowest BCUT2D eigenvalue weighted by Crippen LogP contribution is -1.99. The maximum Gasteiger partial charge on any atom is 0.323 e. The summed E-state index contributed by atoms with van der Waals surface area (Å²) in [6.07, 6.45) is 0. The molecule has 2 N–H and O–H groups in total. The number of aromatic amines is 2. The summed E-state index contributed by atoms with van der Waals surface area (Å²) in [5.74, 6) is 0. The lowest BCUT2D eigenvalue weighted by Gasteiger charge is -2.14. The highest BCUT2D eigenvalue weighted by molar-refractivity contribution is 9.09. The van der Waals surface area contributed by atoms with E-state index in [-0.39, 0.29) is 10.5 Å². The Bertz CT molecular complexity index is 837. The molecule has 0 radical (unpaired) electrons. The summed E-state index contributed by atoms with van der Waals surface area (Å²) in [6.45, 7) is 1.98. The Labute approximate surface area is 129 Å². The summed E-state index contributed by atoms with van der Waals surface area (Å²) in [5, 5.41) is 0.761. The number of hydrogen-bond acceptors (Lipinski definition) is 1. The van der Waals surface area contributed by atoms with Crippen LogP contribution in [0.1, 0.15) is 21.5 Å². The Hall–Kier alpha value is -1.52. The van der Waals surface area contributed by atoms with Gasteiger partial charge in [-0.2, -0.15) is 0 Å². The summed E-state index contributed by atoms with van der Waals surface area (Å²) in [7, 11) is 0. The van der Waals surface area contributed by atoms with Crippen molar-refractivity contribution in [1.82, 2.24) is 9.97 Å². The van der Waals surface area contributed by atoms with Gasteiger partial charge in [-0.25, -0.2) is 4.79 Å². The molecule has 0 amide bonds. The molecule has 3 aromatic rings. The third kappa shape index (κ3) is 2.30. The van der Waals surface area contributed by atoms with Crippen molar-refractivity contribution >= 4 is 38.6 Å². The second-order valence-corrected chi connectivity index (χ2v) is 6.02. The van der Waals surface area contributed by atoms with Crippen molar-refractivity contribution in [3.05, 3.63) is 68.6 Å². The van der Waals surface area contributed by atoms with Gasteiger partial charge < -0.3 is 9.97 Å². The molecule has 0 spiro atoms. The minimum Gasteiger partial charge on any atom is -0.306 e. The normalized spacial score (nSPS) is 12.8. The molecule has 0 fully saturated rings. The van der Waals surface area contributed by atoms with E-state index >= 15 is 0 Å². The highest BCUT2D eigenvalue weighted by Gasteiger charge is 2.15. The molecule has 3 nitrogen and oxygen atoms in total. The van der Waals surface area contributed by atoms with Gasteiger partial charge in [0.2, 0.25) is 0 Å². The molecule has 1 heterocycles. The molecule has 1 atom stereocenters. The summed E-state index contributed by atoms with van der Waals surface area (Å²) in [5.41, 5.74) is 4.50. The van der Waals surface area contributed by atoms with Crippen LogP contribution in [0.15, 0.2) is 41.2 Å². The van der Waals surface area contributed by atoms with Crippen LogP contribution in [-0.2, 0) is 0 Å². The zero-order chi connectivity index (χ0) is 14.3. The zero-order valence-corrected chi connectivity index (χ0v) is 13.0. The van der Waals surface area contributed by atoms with Gasteiger partial charge in [-0.15, -0.1) is 0 Å². The number of nitrogens with one attached hydrogen (secondary N) is 2. The van der Waals surface area contributed by atoms with Crippen molar-refractivity contribution in [3.63, 3.8) is 0 Å². The largest absolute Gasteiger partial charge is 0.323 e. The SMILES string of the molecule is Cc1cccc(C(Br)c2ccc3[nH]c(=O)[nH]c3c2)c1Cl. The zero-order valence-electron chi connectivity index (χ0n) is 10.7. The number of hydrogen-bond donors (Lipinski definition) is 2. The Morgan fingerprint density at radius 1 is 1.15 bits per heavy atom. The van der Waals surface area contributed by atoms with E-state index in [9.17, 15) is 4.79 Å². The quantitative estimate of drug-likeness (QED) is 0.664. The minimum atomic E-state index is -0.197. The van der Waals surface area contributed by atoms with Crippen molar-refractivity contribution in [1.29, 1.82) is 0 Å². The van der Waals surface area contributed by atoms with E-state index in [1.54, 1.807) is 0 Å². The lowest BCUT2D eigenvalue weighted by molar-refractivity contribution is 1.17. The predicted octanol–water partition coefficient (Wildman–Crippen LogP) is 4.30. The highest BCUT2D eigenvalue weighted by atomic mass is 79.9. The van der Waals surface area contributed by atoms with Crippen LogP contribution < -0.4 is 5.69 Å². The van der Waals surface area contributed by atoms with E-state index in [4.69, 9.17) is 11.6 Å². The van der Waals surface area contributed by atoms with Crippen LogP contribution in [0.25, 0.3) is 11.0 Å². The number of fused-ring (bicyclic) bond motifs is 1. The van der Waals surface area contributed by atoms with Crippen LogP contribution in [0, 0.1) is 6.92 Å². The van der Waals surface area contributed by atoms with Crippen molar-refractivity contribution < 1.29 is 0 Å². The smallest absolute Gasteiger partial charge is 0.306 e. The number of aromatic nitrogens is 2.